The number of hydrogen-bond acceptors (Lipinski definition) is 3. The molecular weight excluding hydrogens is 130 g/mol. The summed E-state index contributed by atoms with van der Waals surface area (Å²) in [6.07, 6.45) is 1.52. The SMILES string of the molecule is CC=NOCCO.Cl. The van der Waals surface area contributed by atoms with Crippen molar-refractivity contribution in [3.8, 4) is 0 Å². The van der Waals surface area contributed by atoms with E-state index in [4.69, 9.17) is 5.11 Å². The maximum absolute atomic E-state index is 8.09. The van der Waals surface area contributed by atoms with Crippen molar-refractivity contribution in [3.05, 3.63) is 0 Å². The second-order valence-electron chi connectivity index (χ2n) is 0.920. The first kappa shape index (κ1) is 10.7. The van der Waals surface area contributed by atoms with Gasteiger partial charge in [-0.05, 0) is 6.92 Å². The Morgan fingerprint density at radius 2 is 2.38 bits per heavy atom. The molecule has 0 atom stereocenters. The van der Waals surface area contributed by atoms with Gasteiger partial charge in [0.1, 0.15) is 6.61 Å². The first-order valence-corrected chi connectivity index (χ1v) is 2.12. The molecule has 0 aliphatic rings. The van der Waals surface area contributed by atoms with Crippen LogP contribution in [-0.4, -0.2) is 24.5 Å². The molecule has 0 fully saturated rings. The van der Waals surface area contributed by atoms with E-state index in [9.17, 15) is 0 Å². The molecule has 0 aromatic carbocycles. The van der Waals surface area contributed by atoms with Crippen LogP contribution in [0.15, 0.2) is 5.16 Å². The second-order valence-corrected chi connectivity index (χ2v) is 0.920. The summed E-state index contributed by atoms with van der Waals surface area (Å²) in [7, 11) is 0. The van der Waals surface area contributed by atoms with Gasteiger partial charge >= 0.3 is 0 Å². The average Bonchev–Trinajstić information content (AvgIpc) is 1.69. The predicted molar refractivity (Wildman–Crippen MR) is 34.5 cm³/mol. The van der Waals surface area contributed by atoms with Gasteiger partial charge in [0.2, 0.25) is 0 Å². The summed E-state index contributed by atoms with van der Waals surface area (Å²) in [5.41, 5.74) is 0. The maximum Gasteiger partial charge on any atom is 0.140 e. The molecule has 0 spiro atoms. The van der Waals surface area contributed by atoms with E-state index >= 15 is 0 Å². The third kappa shape index (κ3) is 9.21. The topological polar surface area (TPSA) is 41.8 Å². The largest absolute Gasteiger partial charge is 0.394 e. The highest BCUT2D eigenvalue weighted by Gasteiger charge is 1.72. The van der Waals surface area contributed by atoms with Crippen molar-refractivity contribution in [2.24, 2.45) is 5.16 Å². The van der Waals surface area contributed by atoms with Crippen molar-refractivity contribution in [2.75, 3.05) is 13.2 Å². The van der Waals surface area contributed by atoms with E-state index in [1.165, 1.54) is 6.21 Å². The molecular formula is C4H10ClNO2. The van der Waals surface area contributed by atoms with Crippen molar-refractivity contribution in [1.29, 1.82) is 0 Å². The summed E-state index contributed by atoms with van der Waals surface area (Å²) in [4.78, 5) is 4.45. The second kappa shape index (κ2) is 9.87. The van der Waals surface area contributed by atoms with E-state index in [0.717, 1.165) is 0 Å². The average molecular weight is 140 g/mol. The summed E-state index contributed by atoms with van der Waals surface area (Å²) in [5.74, 6) is 0. The van der Waals surface area contributed by atoms with Gasteiger partial charge in [0.05, 0.1) is 6.61 Å². The summed E-state index contributed by atoms with van der Waals surface area (Å²) in [6.45, 7) is 2.05. The Morgan fingerprint density at radius 3 is 2.75 bits per heavy atom. The molecule has 4 heteroatoms. The molecule has 0 saturated heterocycles. The highest BCUT2D eigenvalue weighted by molar-refractivity contribution is 5.85. The monoisotopic (exact) mass is 139 g/mol. The molecule has 3 nitrogen and oxygen atoms in total. The highest BCUT2D eigenvalue weighted by atomic mass is 35.5. The number of aliphatic hydroxyl groups is 1. The summed E-state index contributed by atoms with van der Waals surface area (Å²) < 4.78 is 0. The predicted octanol–water partition coefficient (Wildman–Crippen LogP) is 0.423. The fourth-order valence-electron chi connectivity index (χ4n) is 0.168. The molecule has 0 aromatic rings. The fraction of sp³-hybridized carbons (Fsp3) is 0.750. The third-order valence-corrected chi connectivity index (χ3v) is 0.363. The van der Waals surface area contributed by atoms with Crippen molar-refractivity contribution in [2.45, 2.75) is 6.92 Å². The zero-order valence-electron chi connectivity index (χ0n) is 4.70. The standard InChI is InChI=1S/C4H9NO2.ClH/c1-2-5-7-4-3-6;/h2,6H,3-4H2,1H3;1H. The van der Waals surface area contributed by atoms with Gasteiger partial charge in [-0.3, -0.25) is 0 Å². The van der Waals surface area contributed by atoms with Gasteiger partial charge in [-0.25, -0.2) is 0 Å². The van der Waals surface area contributed by atoms with Crippen LogP contribution >= 0.6 is 12.4 Å². The Hall–Kier alpha value is -0.280. The van der Waals surface area contributed by atoms with E-state index in [-0.39, 0.29) is 25.6 Å². The Morgan fingerprint density at radius 1 is 1.75 bits per heavy atom. The van der Waals surface area contributed by atoms with Gasteiger partial charge in [-0.15, -0.1) is 12.4 Å². The maximum atomic E-state index is 8.09. The fourth-order valence-corrected chi connectivity index (χ4v) is 0.168. The van der Waals surface area contributed by atoms with Crippen LogP contribution in [0.2, 0.25) is 0 Å². The van der Waals surface area contributed by atoms with Gasteiger partial charge in [0.25, 0.3) is 0 Å². The molecule has 0 aliphatic heterocycles. The van der Waals surface area contributed by atoms with E-state index in [1.807, 2.05) is 0 Å². The number of hydrogen-bond donors (Lipinski definition) is 1. The zero-order valence-corrected chi connectivity index (χ0v) is 5.52. The summed E-state index contributed by atoms with van der Waals surface area (Å²) in [5, 5.41) is 11.5. The number of halogens is 1. The first-order valence-electron chi connectivity index (χ1n) is 2.12. The van der Waals surface area contributed by atoms with Gasteiger partial charge in [0, 0.05) is 6.21 Å². The Bertz CT molecular complexity index is 58.0. The van der Waals surface area contributed by atoms with E-state index in [0.29, 0.717) is 0 Å². The van der Waals surface area contributed by atoms with Crippen LogP contribution in [0.25, 0.3) is 0 Å². The molecule has 0 radical (unpaired) electrons. The number of aliphatic hydroxyl groups excluding tert-OH is 1. The van der Waals surface area contributed by atoms with Crippen LogP contribution in [0.5, 0.6) is 0 Å². The Kier molecular flexibility index (Phi) is 13.1. The van der Waals surface area contributed by atoms with Crippen LogP contribution in [0.4, 0.5) is 0 Å². The molecule has 0 amide bonds. The smallest absolute Gasteiger partial charge is 0.140 e. The van der Waals surface area contributed by atoms with Crippen LogP contribution in [0.3, 0.4) is 0 Å². The molecule has 0 aromatic heterocycles. The minimum absolute atomic E-state index is 0. The molecule has 0 bridgehead atoms. The van der Waals surface area contributed by atoms with Gasteiger partial charge < -0.3 is 9.94 Å². The van der Waals surface area contributed by atoms with E-state index < -0.39 is 0 Å². The Labute approximate surface area is 54.7 Å². The van der Waals surface area contributed by atoms with Gasteiger partial charge in [0.15, 0.2) is 0 Å². The minimum atomic E-state index is 0. The van der Waals surface area contributed by atoms with Crippen molar-refractivity contribution < 1.29 is 9.94 Å². The van der Waals surface area contributed by atoms with Crippen molar-refractivity contribution in [3.63, 3.8) is 0 Å². The zero-order chi connectivity index (χ0) is 5.54. The molecule has 0 rings (SSSR count). The van der Waals surface area contributed by atoms with E-state index in [2.05, 4.69) is 9.99 Å². The number of rotatable bonds is 3. The quantitative estimate of drug-likeness (QED) is 0.350. The summed E-state index contributed by atoms with van der Waals surface area (Å²) in [6, 6.07) is 0. The number of nitrogens with zero attached hydrogens (tertiary/aromatic N) is 1. The molecule has 8 heavy (non-hydrogen) atoms. The molecule has 0 aliphatic carbocycles. The molecule has 0 heterocycles. The normalized spacial score (nSPS) is 8.75. The van der Waals surface area contributed by atoms with Gasteiger partial charge in [-0.1, -0.05) is 5.16 Å². The molecule has 50 valence electrons. The third-order valence-electron chi connectivity index (χ3n) is 0.363. The summed E-state index contributed by atoms with van der Waals surface area (Å²) >= 11 is 0. The van der Waals surface area contributed by atoms with Crippen LogP contribution in [0, 0.1) is 0 Å². The number of oxime groups is 1. The first-order chi connectivity index (χ1) is 3.41. The molecule has 1 N–H and O–H groups in total. The van der Waals surface area contributed by atoms with Crippen LogP contribution in [-0.2, 0) is 4.84 Å². The lowest BCUT2D eigenvalue weighted by molar-refractivity contribution is 0.0995. The van der Waals surface area contributed by atoms with Gasteiger partial charge in [-0.2, -0.15) is 0 Å². The lowest BCUT2D eigenvalue weighted by Gasteiger charge is -1.89. The van der Waals surface area contributed by atoms with Crippen LogP contribution < -0.4 is 0 Å². The molecule has 0 saturated carbocycles. The molecule has 0 unspecified atom stereocenters. The lowest BCUT2D eigenvalue weighted by atomic mass is 10.8. The van der Waals surface area contributed by atoms with E-state index in [1.54, 1.807) is 6.92 Å². The van der Waals surface area contributed by atoms with Crippen molar-refractivity contribution >= 4 is 18.6 Å². The van der Waals surface area contributed by atoms with Crippen LogP contribution in [0.1, 0.15) is 6.92 Å². The Balaban J connectivity index is 0. The van der Waals surface area contributed by atoms with Crippen molar-refractivity contribution in [1.82, 2.24) is 0 Å². The highest BCUT2D eigenvalue weighted by Crippen LogP contribution is 1.69. The lowest BCUT2D eigenvalue weighted by Crippen LogP contribution is -1.92. The minimum Gasteiger partial charge on any atom is -0.394 e.